The van der Waals surface area contributed by atoms with E-state index >= 15 is 0 Å². The number of anilines is 1. The van der Waals surface area contributed by atoms with Crippen LogP contribution in [0.1, 0.15) is 37.4 Å². The number of allylic oxidation sites excluding steroid dienone is 1. The van der Waals surface area contributed by atoms with E-state index in [1.54, 1.807) is 109 Å². The molecule has 14 nitrogen and oxygen atoms in total. The van der Waals surface area contributed by atoms with Crippen molar-refractivity contribution in [3.8, 4) is 11.5 Å². The standard InChI is InChI=1S/C46H35N7O7/c1-28-3-2-4-37(23-28)48-46(59)49-45(58)34-11-19-39-33(25-34)13-22-42(57)44(39)53-50-35-14-5-29(6-15-35)8-20-40(55)31-9-16-36(17-10-31)51-52-43-38-18-7-30(26-60-47-27-54)24-32(38)12-21-41(43)56/h2-25,27,56-57H,26H2,1H3,(H,47,54)(H2,48,49,58,59). The molecule has 5 N–H and O–H groups in total. The van der Waals surface area contributed by atoms with E-state index in [0.717, 1.165) is 22.1 Å². The van der Waals surface area contributed by atoms with Crippen LogP contribution >= 0.6 is 0 Å². The molecule has 60 heavy (non-hydrogen) atoms. The Kier molecular flexibility index (Phi) is 12.1. The fraction of sp³-hybridized carbons (Fsp3) is 0.0435. The number of urea groups is 1. The van der Waals surface area contributed by atoms with Crippen molar-refractivity contribution in [1.29, 1.82) is 0 Å². The number of benzene rings is 7. The number of nitrogens with zero attached hydrogens (tertiary/aromatic N) is 4. The highest BCUT2D eigenvalue weighted by molar-refractivity contribution is 6.10. The lowest BCUT2D eigenvalue weighted by Gasteiger charge is -2.09. The number of imide groups is 1. The predicted molar refractivity (Wildman–Crippen MR) is 227 cm³/mol. The number of amides is 4. The third kappa shape index (κ3) is 9.77. The summed E-state index contributed by atoms with van der Waals surface area (Å²) in [6, 6.07) is 36.6. The summed E-state index contributed by atoms with van der Waals surface area (Å²) in [5, 5.41) is 45.8. The van der Waals surface area contributed by atoms with Gasteiger partial charge in [0.2, 0.25) is 6.41 Å². The zero-order chi connectivity index (χ0) is 42.0. The number of carbonyl (C=O) groups is 4. The Morgan fingerprint density at radius 3 is 1.93 bits per heavy atom. The molecule has 0 aliphatic rings. The number of hydroxylamine groups is 1. The van der Waals surface area contributed by atoms with Gasteiger partial charge >= 0.3 is 6.03 Å². The molecule has 0 bridgehead atoms. The van der Waals surface area contributed by atoms with Gasteiger partial charge in [-0.05, 0) is 119 Å². The normalized spacial score (nSPS) is 11.4. The lowest BCUT2D eigenvalue weighted by Crippen LogP contribution is -2.34. The Morgan fingerprint density at radius 2 is 1.28 bits per heavy atom. The van der Waals surface area contributed by atoms with Crippen LogP contribution in [0.2, 0.25) is 0 Å². The molecule has 0 aromatic heterocycles. The van der Waals surface area contributed by atoms with Crippen molar-refractivity contribution in [2.24, 2.45) is 20.5 Å². The first-order chi connectivity index (χ1) is 29.1. The number of azo groups is 2. The van der Waals surface area contributed by atoms with Gasteiger partial charge in [-0.1, -0.05) is 60.7 Å². The van der Waals surface area contributed by atoms with Crippen LogP contribution in [0.25, 0.3) is 27.6 Å². The number of rotatable bonds is 13. The Labute approximate surface area is 342 Å². The van der Waals surface area contributed by atoms with Crippen molar-refractivity contribution >= 4 is 80.2 Å². The van der Waals surface area contributed by atoms with E-state index in [0.29, 0.717) is 45.2 Å². The number of aryl methyl sites for hydroxylation is 1. The van der Waals surface area contributed by atoms with Crippen molar-refractivity contribution in [2.45, 2.75) is 13.5 Å². The van der Waals surface area contributed by atoms with E-state index in [4.69, 9.17) is 4.84 Å². The Hall–Kier alpha value is -8.36. The minimum atomic E-state index is -0.665. The van der Waals surface area contributed by atoms with Crippen molar-refractivity contribution < 1.29 is 34.2 Å². The van der Waals surface area contributed by atoms with Gasteiger partial charge < -0.3 is 15.5 Å². The van der Waals surface area contributed by atoms with Gasteiger partial charge in [-0.3, -0.25) is 24.5 Å². The van der Waals surface area contributed by atoms with Crippen molar-refractivity contribution in [3.63, 3.8) is 0 Å². The maximum atomic E-state index is 13.0. The average Bonchev–Trinajstić information content (AvgIpc) is 3.25. The molecule has 7 aromatic rings. The van der Waals surface area contributed by atoms with Gasteiger partial charge in [-0.15, -0.1) is 10.2 Å². The first-order valence-corrected chi connectivity index (χ1v) is 18.4. The van der Waals surface area contributed by atoms with Crippen LogP contribution in [0, 0.1) is 6.92 Å². The van der Waals surface area contributed by atoms with E-state index in [2.05, 4.69) is 36.6 Å². The van der Waals surface area contributed by atoms with Crippen LogP contribution in [0.4, 0.5) is 33.2 Å². The summed E-state index contributed by atoms with van der Waals surface area (Å²) in [5.41, 5.74) is 7.37. The second-order valence-corrected chi connectivity index (χ2v) is 13.4. The van der Waals surface area contributed by atoms with E-state index in [9.17, 15) is 29.4 Å². The molecule has 14 heteroatoms. The number of ketones is 1. The smallest absolute Gasteiger partial charge is 0.326 e. The maximum absolute atomic E-state index is 13.0. The van der Waals surface area contributed by atoms with Crippen molar-refractivity contribution in [1.82, 2.24) is 10.8 Å². The molecule has 7 rings (SSSR count). The zero-order valence-corrected chi connectivity index (χ0v) is 31.9. The molecule has 0 aliphatic carbocycles. The van der Waals surface area contributed by atoms with Gasteiger partial charge in [0, 0.05) is 27.6 Å². The fourth-order valence-electron chi connectivity index (χ4n) is 6.14. The van der Waals surface area contributed by atoms with E-state index in [1.807, 2.05) is 19.1 Å². The van der Waals surface area contributed by atoms with Crippen molar-refractivity contribution in [3.05, 3.63) is 167 Å². The monoisotopic (exact) mass is 797 g/mol. The second-order valence-electron chi connectivity index (χ2n) is 13.4. The van der Waals surface area contributed by atoms with Gasteiger partial charge in [0.1, 0.15) is 22.9 Å². The van der Waals surface area contributed by atoms with Crippen LogP contribution in [0.3, 0.4) is 0 Å². The highest BCUT2D eigenvalue weighted by Gasteiger charge is 2.14. The van der Waals surface area contributed by atoms with Gasteiger partial charge in [0.05, 0.1) is 18.0 Å². The lowest BCUT2D eigenvalue weighted by molar-refractivity contribution is -0.121. The van der Waals surface area contributed by atoms with Crippen LogP contribution < -0.4 is 16.1 Å². The Bertz CT molecular complexity index is 2860. The number of aromatic hydroxyl groups is 2. The molecule has 0 atom stereocenters. The summed E-state index contributed by atoms with van der Waals surface area (Å²) >= 11 is 0. The van der Waals surface area contributed by atoms with Gasteiger partial charge in [-0.2, -0.15) is 10.2 Å². The Morgan fingerprint density at radius 1 is 0.667 bits per heavy atom. The highest BCUT2D eigenvalue weighted by atomic mass is 16.6. The third-order valence-corrected chi connectivity index (χ3v) is 9.14. The van der Waals surface area contributed by atoms with E-state index < -0.39 is 11.9 Å². The van der Waals surface area contributed by atoms with Crippen LogP contribution in [0.5, 0.6) is 11.5 Å². The quantitative estimate of drug-likeness (QED) is 0.0190. The maximum Gasteiger partial charge on any atom is 0.326 e. The number of phenols is 2. The third-order valence-electron chi connectivity index (χ3n) is 9.14. The molecule has 0 unspecified atom stereocenters. The van der Waals surface area contributed by atoms with Gasteiger partial charge in [0.15, 0.2) is 5.78 Å². The summed E-state index contributed by atoms with van der Waals surface area (Å²) in [7, 11) is 0. The predicted octanol–water partition coefficient (Wildman–Crippen LogP) is 10.6. The lowest BCUT2D eigenvalue weighted by atomic mass is 10.0. The topological polar surface area (TPSA) is 203 Å². The molecule has 4 amide bonds. The number of carbonyl (C=O) groups excluding carboxylic acids is 4. The number of hydrogen-bond donors (Lipinski definition) is 5. The molecule has 0 fully saturated rings. The molecule has 7 aromatic carbocycles. The Balaban J connectivity index is 0.960. The summed E-state index contributed by atoms with van der Waals surface area (Å²) in [6.45, 7) is 2.06. The second kappa shape index (κ2) is 18.3. The SMILES string of the molecule is Cc1cccc(NC(=O)NC(=O)c2ccc3c(N=Nc4ccc(C=CC(=O)c5ccc(N=Nc6c(O)ccc7cc(CONC=O)ccc67)cc5)cc4)c(O)ccc3c2)c1. The fourth-order valence-corrected chi connectivity index (χ4v) is 6.14. The first-order valence-electron chi connectivity index (χ1n) is 18.4. The summed E-state index contributed by atoms with van der Waals surface area (Å²) in [5.74, 6) is -0.972. The van der Waals surface area contributed by atoms with Crippen molar-refractivity contribution in [2.75, 3.05) is 5.32 Å². The van der Waals surface area contributed by atoms with Crippen LogP contribution in [0.15, 0.2) is 160 Å². The molecule has 0 heterocycles. The molecule has 0 saturated heterocycles. The molecule has 0 saturated carbocycles. The molecule has 296 valence electrons. The first kappa shape index (κ1) is 39.9. The number of hydrogen-bond acceptors (Lipinski definition) is 11. The van der Waals surface area contributed by atoms with Gasteiger partial charge in [0.25, 0.3) is 5.91 Å². The van der Waals surface area contributed by atoms with Crippen LogP contribution in [-0.4, -0.2) is 34.3 Å². The number of fused-ring (bicyclic) bond motifs is 2. The number of phenolic OH excluding ortho intramolecular Hbond substituents is 2. The number of nitrogens with one attached hydrogen (secondary N) is 3. The van der Waals surface area contributed by atoms with E-state index in [-0.39, 0.29) is 40.8 Å². The summed E-state index contributed by atoms with van der Waals surface area (Å²) in [6.07, 6.45) is 3.57. The van der Waals surface area contributed by atoms with Crippen LogP contribution in [-0.2, 0) is 16.2 Å². The van der Waals surface area contributed by atoms with E-state index in [1.165, 1.54) is 24.3 Å². The minimum Gasteiger partial charge on any atom is -0.506 e. The minimum absolute atomic E-state index is 0.0443. The molecule has 0 spiro atoms. The largest absolute Gasteiger partial charge is 0.506 e. The molecule has 0 radical (unpaired) electrons. The molecular weight excluding hydrogens is 763 g/mol. The molecular formula is C46H35N7O7. The summed E-state index contributed by atoms with van der Waals surface area (Å²) < 4.78 is 0. The highest BCUT2D eigenvalue weighted by Crippen LogP contribution is 2.38. The van der Waals surface area contributed by atoms with Gasteiger partial charge in [-0.25, -0.2) is 10.3 Å². The average molecular weight is 798 g/mol. The molecule has 0 aliphatic heterocycles. The summed E-state index contributed by atoms with van der Waals surface area (Å²) in [4.78, 5) is 53.7. The zero-order valence-electron chi connectivity index (χ0n) is 31.9.